The molecule has 1 nitrogen and oxygen atoms in total. The van der Waals surface area contributed by atoms with E-state index in [1.165, 1.54) is 44.2 Å². The quantitative estimate of drug-likeness (QED) is 0.733. The molecule has 0 aliphatic heterocycles. The average molecular weight is 266 g/mol. The maximum atomic E-state index is 6.00. The van der Waals surface area contributed by atoms with E-state index in [9.17, 15) is 0 Å². The summed E-state index contributed by atoms with van der Waals surface area (Å²) in [6, 6.07) is 9.01. The van der Waals surface area contributed by atoms with Gasteiger partial charge in [-0.3, -0.25) is 0 Å². The van der Waals surface area contributed by atoms with Gasteiger partial charge in [-0.15, -0.1) is 0 Å². The summed E-state index contributed by atoms with van der Waals surface area (Å²) in [6.45, 7) is 3.40. The van der Waals surface area contributed by atoms with Crippen molar-refractivity contribution in [3.63, 3.8) is 0 Å². The Morgan fingerprint density at radius 3 is 2.89 bits per heavy atom. The first-order valence-corrected chi connectivity index (χ1v) is 7.65. The molecule has 1 saturated carbocycles. The summed E-state index contributed by atoms with van der Waals surface area (Å²) in [5.41, 5.74) is 1.37. The molecule has 0 spiro atoms. The Balaban J connectivity index is 1.72. The van der Waals surface area contributed by atoms with Gasteiger partial charge in [-0.25, -0.2) is 0 Å². The van der Waals surface area contributed by atoms with Crippen molar-refractivity contribution in [2.24, 2.45) is 5.92 Å². The highest BCUT2D eigenvalue weighted by Crippen LogP contribution is 2.34. The molecule has 0 aromatic heterocycles. The third-order valence-electron chi connectivity index (χ3n) is 3.72. The molecule has 0 saturated heterocycles. The molecule has 2 rings (SSSR count). The molecule has 1 unspecified atom stereocenters. The normalized spacial score (nSPS) is 16.8. The van der Waals surface area contributed by atoms with Crippen molar-refractivity contribution >= 4 is 11.6 Å². The van der Waals surface area contributed by atoms with Gasteiger partial charge in [0.15, 0.2) is 0 Å². The molecule has 18 heavy (non-hydrogen) atoms. The van der Waals surface area contributed by atoms with Crippen LogP contribution in [-0.4, -0.2) is 12.6 Å². The van der Waals surface area contributed by atoms with Gasteiger partial charge in [-0.2, -0.15) is 0 Å². The van der Waals surface area contributed by atoms with Crippen LogP contribution in [-0.2, 0) is 6.42 Å². The first-order valence-electron chi connectivity index (χ1n) is 7.27. The van der Waals surface area contributed by atoms with Crippen LogP contribution in [0.5, 0.6) is 0 Å². The van der Waals surface area contributed by atoms with Crippen LogP contribution in [0.4, 0.5) is 0 Å². The lowest BCUT2D eigenvalue weighted by molar-refractivity contribution is 0.425. The van der Waals surface area contributed by atoms with Crippen molar-refractivity contribution in [3.05, 3.63) is 34.9 Å². The zero-order valence-corrected chi connectivity index (χ0v) is 12.0. The number of halogens is 1. The van der Waals surface area contributed by atoms with Crippen LogP contribution in [0, 0.1) is 5.92 Å². The Hall–Kier alpha value is -0.530. The van der Waals surface area contributed by atoms with Crippen LogP contribution in [0.3, 0.4) is 0 Å². The van der Waals surface area contributed by atoms with Crippen LogP contribution < -0.4 is 5.32 Å². The summed E-state index contributed by atoms with van der Waals surface area (Å²) < 4.78 is 0. The molecular formula is C16H24ClN. The van der Waals surface area contributed by atoms with Crippen molar-refractivity contribution in [3.8, 4) is 0 Å². The second kappa shape index (κ2) is 7.16. The molecule has 0 amide bonds. The second-order valence-electron chi connectivity index (χ2n) is 5.42. The highest BCUT2D eigenvalue weighted by atomic mass is 35.5. The minimum atomic E-state index is 0.754. The maximum absolute atomic E-state index is 6.00. The molecule has 1 N–H and O–H groups in total. The van der Waals surface area contributed by atoms with E-state index in [0.717, 1.165) is 23.4 Å². The summed E-state index contributed by atoms with van der Waals surface area (Å²) in [5, 5.41) is 4.56. The molecular weight excluding hydrogens is 242 g/mol. The van der Waals surface area contributed by atoms with Crippen LogP contribution in [0.2, 0.25) is 5.02 Å². The Labute approximate surface area is 116 Å². The molecule has 1 aromatic carbocycles. The van der Waals surface area contributed by atoms with Crippen molar-refractivity contribution in [1.82, 2.24) is 5.32 Å². The fraction of sp³-hybridized carbons (Fsp3) is 0.625. The molecule has 0 heterocycles. The summed E-state index contributed by atoms with van der Waals surface area (Å²) >= 11 is 6.00. The van der Waals surface area contributed by atoms with Gasteiger partial charge in [0, 0.05) is 11.1 Å². The predicted molar refractivity (Wildman–Crippen MR) is 79.2 cm³/mol. The van der Waals surface area contributed by atoms with Gasteiger partial charge < -0.3 is 5.32 Å². The van der Waals surface area contributed by atoms with Gasteiger partial charge in [0.25, 0.3) is 0 Å². The first-order chi connectivity index (χ1) is 8.79. The second-order valence-corrected chi connectivity index (χ2v) is 5.86. The van der Waals surface area contributed by atoms with Crippen LogP contribution in [0.1, 0.15) is 44.6 Å². The molecule has 1 aliphatic carbocycles. The third kappa shape index (κ3) is 4.62. The van der Waals surface area contributed by atoms with Crippen molar-refractivity contribution in [2.45, 2.75) is 51.5 Å². The highest BCUT2D eigenvalue weighted by molar-refractivity contribution is 6.30. The zero-order chi connectivity index (χ0) is 12.8. The van der Waals surface area contributed by atoms with Gasteiger partial charge in [-0.1, -0.05) is 30.7 Å². The molecule has 100 valence electrons. The molecule has 1 aliphatic rings. The monoisotopic (exact) mass is 265 g/mol. The SMILES string of the molecule is CCCNC(CCCc1cccc(Cl)c1)C1CC1. The number of nitrogens with one attached hydrogen (secondary N) is 1. The van der Waals surface area contributed by atoms with Gasteiger partial charge >= 0.3 is 0 Å². The van der Waals surface area contributed by atoms with Crippen molar-refractivity contribution < 1.29 is 0 Å². The molecule has 0 radical (unpaired) electrons. The van der Waals surface area contributed by atoms with Gasteiger partial charge in [0.05, 0.1) is 0 Å². The summed E-state index contributed by atoms with van der Waals surface area (Å²) in [5.74, 6) is 0.955. The lowest BCUT2D eigenvalue weighted by Gasteiger charge is -2.17. The van der Waals surface area contributed by atoms with Crippen molar-refractivity contribution in [2.75, 3.05) is 6.54 Å². The number of hydrogen-bond donors (Lipinski definition) is 1. The lowest BCUT2D eigenvalue weighted by Crippen LogP contribution is -2.31. The average Bonchev–Trinajstić information content (AvgIpc) is 3.18. The lowest BCUT2D eigenvalue weighted by atomic mass is 10.0. The van der Waals surface area contributed by atoms with Crippen LogP contribution >= 0.6 is 11.6 Å². The molecule has 1 fully saturated rings. The topological polar surface area (TPSA) is 12.0 Å². The fourth-order valence-corrected chi connectivity index (χ4v) is 2.76. The zero-order valence-electron chi connectivity index (χ0n) is 11.3. The van der Waals surface area contributed by atoms with E-state index in [-0.39, 0.29) is 0 Å². The van der Waals surface area contributed by atoms with Gasteiger partial charge in [0.1, 0.15) is 0 Å². The molecule has 2 heteroatoms. The smallest absolute Gasteiger partial charge is 0.0408 e. The summed E-state index contributed by atoms with van der Waals surface area (Å²) in [7, 11) is 0. The Bertz CT molecular complexity index is 360. The minimum absolute atomic E-state index is 0.754. The minimum Gasteiger partial charge on any atom is -0.314 e. The molecule has 1 aromatic rings. The van der Waals surface area contributed by atoms with Gasteiger partial charge in [-0.05, 0) is 68.7 Å². The fourth-order valence-electron chi connectivity index (χ4n) is 2.55. The van der Waals surface area contributed by atoms with E-state index in [1.807, 2.05) is 12.1 Å². The molecule has 1 atom stereocenters. The van der Waals surface area contributed by atoms with E-state index in [1.54, 1.807) is 0 Å². The van der Waals surface area contributed by atoms with E-state index in [0.29, 0.717) is 0 Å². The summed E-state index contributed by atoms with van der Waals surface area (Å²) in [4.78, 5) is 0. The first kappa shape index (κ1) is 13.9. The molecule has 0 bridgehead atoms. The standard InChI is InChI=1S/C16H24ClN/c1-2-11-18-16(14-9-10-14)8-4-6-13-5-3-7-15(17)12-13/h3,5,7,12,14,16,18H,2,4,6,8-11H2,1H3. The van der Waals surface area contributed by atoms with E-state index < -0.39 is 0 Å². The Morgan fingerprint density at radius 2 is 2.22 bits per heavy atom. The van der Waals surface area contributed by atoms with E-state index in [4.69, 9.17) is 11.6 Å². The number of benzene rings is 1. The van der Waals surface area contributed by atoms with Crippen LogP contribution in [0.15, 0.2) is 24.3 Å². The summed E-state index contributed by atoms with van der Waals surface area (Å²) in [6.07, 6.45) is 7.81. The van der Waals surface area contributed by atoms with Gasteiger partial charge in [0.2, 0.25) is 0 Å². The number of aryl methyl sites for hydroxylation is 1. The maximum Gasteiger partial charge on any atom is 0.0408 e. The largest absolute Gasteiger partial charge is 0.314 e. The van der Waals surface area contributed by atoms with Crippen LogP contribution in [0.25, 0.3) is 0 Å². The Kier molecular flexibility index (Phi) is 5.52. The third-order valence-corrected chi connectivity index (χ3v) is 3.95. The number of rotatable bonds is 8. The van der Waals surface area contributed by atoms with Crippen molar-refractivity contribution in [1.29, 1.82) is 0 Å². The highest BCUT2D eigenvalue weighted by Gasteiger charge is 2.29. The predicted octanol–water partition coefficient (Wildman–Crippen LogP) is 4.44. The van der Waals surface area contributed by atoms with E-state index in [2.05, 4.69) is 24.4 Å². The Morgan fingerprint density at radius 1 is 1.39 bits per heavy atom. The van der Waals surface area contributed by atoms with E-state index >= 15 is 0 Å². The number of hydrogen-bond acceptors (Lipinski definition) is 1.